The van der Waals surface area contributed by atoms with Crippen molar-refractivity contribution in [3.05, 3.63) is 90.0 Å². The number of nitrogens with zero attached hydrogens (tertiary/aromatic N) is 1. The lowest BCUT2D eigenvalue weighted by molar-refractivity contribution is -0.134. The highest BCUT2D eigenvalue weighted by Gasteiger charge is 2.53. The van der Waals surface area contributed by atoms with Gasteiger partial charge >= 0.3 is 8.32 Å². The van der Waals surface area contributed by atoms with Gasteiger partial charge in [0, 0.05) is 6.54 Å². The van der Waals surface area contributed by atoms with Gasteiger partial charge in [0.25, 0.3) is 0 Å². The lowest BCUT2D eigenvalue weighted by Gasteiger charge is -2.43. The smallest absolute Gasteiger partial charge is 0.319 e. The number of hydrogen-bond acceptors (Lipinski definition) is 3. The molecule has 3 aliphatic rings. The van der Waals surface area contributed by atoms with Gasteiger partial charge in [-0.2, -0.15) is 0 Å². The van der Waals surface area contributed by atoms with Crippen molar-refractivity contribution in [1.82, 2.24) is 10.2 Å². The van der Waals surface area contributed by atoms with E-state index < -0.39 is 8.32 Å². The van der Waals surface area contributed by atoms with Crippen LogP contribution in [0.3, 0.4) is 0 Å². The Hall–Kier alpha value is -2.89. The van der Waals surface area contributed by atoms with Gasteiger partial charge in [-0.3, -0.25) is 4.79 Å². The summed E-state index contributed by atoms with van der Waals surface area (Å²) in [5, 5.41) is 5.99. The van der Waals surface area contributed by atoms with Crippen LogP contribution in [-0.4, -0.2) is 37.8 Å². The third-order valence-corrected chi connectivity index (χ3v) is 13.9. The van der Waals surface area contributed by atoms with Crippen molar-refractivity contribution >= 4 is 24.6 Å². The molecule has 0 aromatic heterocycles. The lowest BCUT2D eigenvalue weighted by atomic mass is 9.96. The largest absolute Gasteiger partial charge is 0.534 e. The molecule has 1 aliphatic carbocycles. The number of amides is 1. The molecule has 0 saturated carbocycles. The molecular weight excluding hydrogens is 472 g/mol. The first kappa shape index (κ1) is 24.4. The van der Waals surface area contributed by atoms with Gasteiger partial charge in [-0.25, -0.2) is 0 Å². The Morgan fingerprint density at radius 2 is 1.62 bits per heavy atom. The molecule has 1 spiro atoms. The highest BCUT2D eigenvalue weighted by molar-refractivity contribution is 7.00. The molecule has 2 heterocycles. The van der Waals surface area contributed by atoms with E-state index >= 15 is 0 Å². The number of carbonyl (C=O) groups is 1. The van der Waals surface area contributed by atoms with Crippen LogP contribution in [0.5, 0.6) is 5.75 Å². The molecule has 3 aromatic rings. The molecule has 1 unspecified atom stereocenters. The highest BCUT2D eigenvalue weighted by Crippen LogP contribution is 2.44. The van der Waals surface area contributed by atoms with Gasteiger partial charge < -0.3 is 14.6 Å². The summed E-state index contributed by atoms with van der Waals surface area (Å²) in [6, 6.07) is 28.4. The van der Waals surface area contributed by atoms with Gasteiger partial charge in [0.2, 0.25) is 5.91 Å². The van der Waals surface area contributed by atoms with E-state index in [1.54, 1.807) is 0 Å². The summed E-state index contributed by atoms with van der Waals surface area (Å²) in [6.07, 6.45) is 5.01. The van der Waals surface area contributed by atoms with Crippen molar-refractivity contribution < 1.29 is 9.22 Å². The summed E-state index contributed by atoms with van der Waals surface area (Å²) in [7, 11) is -2.71. The fourth-order valence-electron chi connectivity index (χ4n) is 7.07. The van der Waals surface area contributed by atoms with Crippen LogP contribution in [0.4, 0.5) is 0 Å². The van der Waals surface area contributed by atoms with Crippen molar-refractivity contribution in [1.29, 1.82) is 0 Å². The third kappa shape index (κ3) is 3.95. The first-order chi connectivity index (χ1) is 17.8. The second-order valence-electron chi connectivity index (χ2n) is 12.0. The van der Waals surface area contributed by atoms with Crippen LogP contribution in [0.25, 0.3) is 0 Å². The van der Waals surface area contributed by atoms with E-state index in [4.69, 9.17) is 4.43 Å². The summed E-state index contributed by atoms with van der Waals surface area (Å²) in [5.74, 6) is 1.22. The second kappa shape index (κ2) is 9.14. The van der Waals surface area contributed by atoms with Crippen molar-refractivity contribution in [2.45, 2.75) is 69.5 Å². The van der Waals surface area contributed by atoms with E-state index in [2.05, 4.69) is 110 Å². The number of fused-ring (bicyclic) bond motifs is 1. The Kier molecular flexibility index (Phi) is 6.04. The molecule has 0 bridgehead atoms. The minimum Gasteiger partial charge on any atom is -0.534 e. The average Bonchev–Trinajstić information content (AvgIpc) is 3.63. The molecule has 0 radical (unpaired) electrons. The zero-order valence-electron chi connectivity index (χ0n) is 22.3. The van der Waals surface area contributed by atoms with Gasteiger partial charge in [-0.05, 0) is 77.3 Å². The summed E-state index contributed by atoms with van der Waals surface area (Å²) >= 11 is 0. The van der Waals surface area contributed by atoms with Crippen LogP contribution in [0.15, 0.2) is 78.9 Å². The van der Waals surface area contributed by atoms with Crippen molar-refractivity contribution in [3.63, 3.8) is 0 Å². The Labute approximate surface area is 222 Å². The van der Waals surface area contributed by atoms with Crippen molar-refractivity contribution in [2.75, 3.05) is 13.1 Å². The standard InChI is InChI=1S/C32H38N2O2Si/c1-31(2,3)37(26-11-6-4-7-12-26,27-13-8-5-9-14-27)36-25-17-15-24-16-18-29(28(24)23-25)34-22-20-32(30(34)35)19-10-21-33-32/h4-9,11-15,17,23,29,33H,10,16,18-22H2,1-3H3/t29?,32-/m1/s1. The van der Waals surface area contributed by atoms with Crippen molar-refractivity contribution in [2.24, 2.45) is 0 Å². The van der Waals surface area contributed by atoms with E-state index in [0.717, 1.165) is 50.9 Å². The van der Waals surface area contributed by atoms with Crippen molar-refractivity contribution in [3.8, 4) is 5.75 Å². The summed E-state index contributed by atoms with van der Waals surface area (Å²) < 4.78 is 7.32. The maximum Gasteiger partial charge on any atom is 0.319 e. The number of aryl methyl sites for hydroxylation is 1. The summed E-state index contributed by atoms with van der Waals surface area (Å²) in [6.45, 7) is 8.73. The highest BCUT2D eigenvalue weighted by atomic mass is 28.4. The number of benzene rings is 3. The van der Waals surface area contributed by atoms with Crippen LogP contribution in [0, 0.1) is 0 Å². The zero-order chi connectivity index (χ0) is 25.7. The average molecular weight is 511 g/mol. The normalized spacial score (nSPS) is 23.6. The third-order valence-electron chi connectivity index (χ3n) is 8.92. The van der Waals surface area contributed by atoms with E-state index in [1.807, 2.05) is 0 Å². The lowest BCUT2D eigenvalue weighted by Crippen LogP contribution is -2.68. The monoisotopic (exact) mass is 510 g/mol. The van der Waals surface area contributed by atoms with Gasteiger partial charge in [0.15, 0.2) is 0 Å². The van der Waals surface area contributed by atoms with E-state index in [9.17, 15) is 4.79 Å². The van der Waals surface area contributed by atoms with Crippen LogP contribution in [0.1, 0.15) is 63.6 Å². The number of rotatable bonds is 5. The van der Waals surface area contributed by atoms with Gasteiger partial charge in [-0.1, -0.05) is 87.5 Å². The summed E-state index contributed by atoms with van der Waals surface area (Å²) in [4.78, 5) is 15.7. The molecule has 6 rings (SSSR count). The molecule has 192 valence electrons. The molecule has 2 fully saturated rings. The predicted octanol–water partition coefficient (Wildman–Crippen LogP) is 4.97. The molecule has 5 heteroatoms. The fraction of sp³-hybridized carbons (Fsp3) is 0.406. The van der Waals surface area contributed by atoms with Gasteiger partial charge in [-0.15, -0.1) is 0 Å². The predicted molar refractivity (Wildman–Crippen MR) is 152 cm³/mol. The molecule has 2 atom stereocenters. The molecule has 2 saturated heterocycles. The van der Waals surface area contributed by atoms with E-state index in [1.165, 1.54) is 21.5 Å². The number of nitrogens with one attached hydrogen (secondary N) is 1. The quantitative estimate of drug-likeness (QED) is 0.493. The number of carbonyl (C=O) groups excluding carboxylic acids is 1. The molecule has 1 N–H and O–H groups in total. The molecule has 37 heavy (non-hydrogen) atoms. The Morgan fingerprint density at radius 1 is 0.946 bits per heavy atom. The summed E-state index contributed by atoms with van der Waals surface area (Å²) in [5.41, 5.74) is 2.32. The Morgan fingerprint density at radius 3 is 2.22 bits per heavy atom. The minimum absolute atomic E-state index is 0.0977. The number of hydrogen-bond donors (Lipinski definition) is 1. The minimum atomic E-state index is -2.71. The Balaban J connectivity index is 1.40. The zero-order valence-corrected chi connectivity index (χ0v) is 23.3. The first-order valence-corrected chi connectivity index (χ1v) is 15.7. The Bertz CT molecular complexity index is 1240. The maximum absolute atomic E-state index is 13.6. The molecule has 3 aromatic carbocycles. The number of likely N-dealkylation sites (tertiary alicyclic amines) is 1. The van der Waals surface area contributed by atoms with E-state index in [0.29, 0.717) is 5.91 Å². The molecule has 4 nitrogen and oxygen atoms in total. The fourth-order valence-corrected chi connectivity index (χ4v) is 11.5. The van der Waals surface area contributed by atoms with Crippen LogP contribution < -0.4 is 20.1 Å². The molecule has 1 amide bonds. The van der Waals surface area contributed by atoms with Gasteiger partial charge in [0.05, 0.1) is 11.6 Å². The topological polar surface area (TPSA) is 41.6 Å². The first-order valence-electron chi connectivity index (χ1n) is 13.8. The second-order valence-corrected chi connectivity index (χ2v) is 16.3. The van der Waals surface area contributed by atoms with Crippen LogP contribution >= 0.6 is 0 Å². The maximum atomic E-state index is 13.6. The van der Waals surface area contributed by atoms with Crippen LogP contribution in [-0.2, 0) is 11.2 Å². The SMILES string of the molecule is CC(C)(C)[Si](Oc1ccc2c(c1)C(N1CC[C@]3(CCCN3)C1=O)CC2)(c1ccccc1)c1ccccc1. The van der Waals surface area contributed by atoms with E-state index in [-0.39, 0.29) is 16.6 Å². The van der Waals surface area contributed by atoms with Gasteiger partial charge in [0.1, 0.15) is 5.75 Å². The molecular formula is C32H38N2O2Si. The van der Waals surface area contributed by atoms with Crippen LogP contribution in [0.2, 0.25) is 5.04 Å². The molecule has 2 aliphatic heterocycles.